The SMILES string of the molecule is Cc1c(N2CCCC2=O)cccc1S(=O)(=O)N[C@@H](C(N)=O)C(=O)N1C[C@@H]2C[C@@H](O)CN2C[C@@H]1C. The summed E-state index contributed by atoms with van der Waals surface area (Å²) in [5.74, 6) is -1.90. The summed E-state index contributed by atoms with van der Waals surface area (Å²) in [7, 11) is -4.32. The third-order valence-corrected chi connectivity index (χ3v) is 8.51. The average Bonchev–Trinajstić information content (AvgIpc) is 3.34. The Morgan fingerprint density at radius 2 is 1.97 bits per heavy atom. The van der Waals surface area contributed by atoms with Crippen molar-refractivity contribution in [3.63, 3.8) is 0 Å². The zero-order valence-corrected chi connectivity index (χ0v) is 20.1. The lowest BCUT2D eigenvalue weighted by Gasteiger charge is -2.43. The summed E-state index contributed by atoms with van der Waals surface area (Å²) in [6, 6.07) is 2.44. The van der Waals surface area contributed by atoms with Gasteiger partial charge in [-0.3, -0.25) is 19.3 Å². The van der Waals surface area contributed by atoms with Crippen molar-refractivity contribution in [1.82, 2.24) is 14.5 Å². The number of fused-ring (bicyclic) bond motifs is 1. The third kappa shape index (κ3) is 4.54. The van der Waals surface area contributed by atoms with Crippen molar-refractivity contribution in [2.75, 3.05) is 31.1 Å². The zero-order chi connectivity index (χ0) is 24.8. The van der Waals surface area contributed by atoms with Gasteiger partial charge in [-0.15, -0.1) is 0 Å². The minimum absolute atomic E-state index is 0.0581. The van der Waals surface area contributed by atoms with Crippen LogP contribution in [-0.4, -0.2) is 91.5 Å². The van der Waals surface area contributed by atoms with Gasteiger partial charge in [-0.2, -0.15) is 4.72 Å². The van der Waals surface area contributed by atoms with Gasteiger partial charge in [0.25, 0.3) is 5.91 Å². The predicted octanol–water partition coefficient (Wildman–Crippen LogP) is -1.08. The van der Waals surface area contributed by atoms with E-state index < -0.39 is 34.0 Å². The number of sulfonamides is 1. The molecule has 0 radical (unpaired) electrons. The molecule has 3 fully saturated rings. The highest BCUT2D eigenvalue weighted by Crippen LogP contribution is 2.30. The number of aliphatic hydroxyl groups excluding tert-OH is 1. The maximum Gasteiger partial charge on any atom is 0.250 e. The summed E-state index contributed by atoms with van der Waals surface area (Å²) in [6.07, 6.45) is 1.12. The van der Waals surface area contributed by atoms with Crippen LogP contribution in [-0.2, 0) is 24.4 Å². The number of piperazine rings is 1. The standard InChI is InChI=1S/C22H31N5O6S/c1-13-10-25-12-16(28)9-15(25)11-27(13)22(31)20(21(23)30)24-34(32,33)18-6-3-5-17(14(18)2)26-8-4-7-19(26)29/h3,5-6,13,15-16,20,24,28H,4,7-12H2,1-2H3,(H2,23,30)/t13-,15-,16+,20-/m0/s1. The molecule has 12 heteroatoms. The van der Waals surface area contributed by atoms with E-state index in [9.17, 15) is 27.9 Å². The van der Waals surface area contributed by atoms with E-state index in [1.54, 1.807) is 17.9 Å². The van der Waals surface area contributed by atoms with Crippen LogP contribution < -0.4 is 15.4 Å². The third-order valence-electron chi connectivity index (χ3n) is 6.94. The van der Waals surface area contributed by atoms with Crippen LogP contribution in [0, 0.1) is 6.92 Å². The number of aliphatic hydroxyl groups is 1. The fraction of sp³-hybridized carbons (Fsp3) is 0.591. The normalized spacial score (nSPS) is 26.6. The second kappa shape index (κ2) is 9.25. The van der Waals surface area contributed by atoms with Gasteiger partial charge in [0.05, 0.1) is 11.0 Å². The zero-order valence-electron chi connectivity index (χ0n) is 19.3. The molecule has 11 nitrogen and oxygen atoms in total. The van der Waals surface area contributed by atoms with Crippen molar-refractivity contribution in [2.24, 2.45) is 5.73 Å². The highest BCUT2D eigenvalue weighted by Gasteiger charge is 2.43. The summed E-state index contributed by atoms with van der Waals surface area (Å²) in [4.78, 5) is 42.7. The summed E-state index contributed by atoms with van der Waals surface area (Å²) < 4.78 is 28.8. The predicted molar refractivity (Wildman–Crippen MR) is 123 cm³/mol. The average molecular weight is 494 g/mol. The molecule has 3 amide bonds. The van der Waals surface area contributed by atoms with Crippen LogP contribution in [0.1, 0.15) is 31.7 Å². The highest BCUT2D eigenvalue weighted by atomic mass is 32.2. The van der Waals surface area contributed by atoms with Crippen LogP contribution in [0.25, 0.3) is 0 Å². The molecule has 1 aromatic rings. The Kier molecular flexibility index (Phi) is 6.69. The van der Waals surface area contributed by atoms with E-state index in [2.05, 4.69) is 9.62 Å². The van der Waals surface area contributed by atoms with Crippen LogP contribution in [0.5, 0.6) is 0 Å². The first kappa shape index (κ1) is 24.6. The van der Waals surface area contributed by atoms with Crippen molar-refractivity contribution in [1.29, 1.82) is 0 Å². The number of carbonyl (C=O) groups excluding carboxylic acids is 3. The summed E-state index contributed by atoms with van der Waals surface area (Å²) >= 11 is 0. The van der Waals surface area contributed by atoms with Gasteiger partial charge in [-0.1, -0.05) is 6.07 Å². The molecular weight excluding hydrogens is 462 g/mol. The molecule has 0 unspecified atom stereocenters. The van der Waals surface area contributed by atoms with E-state index in [4.69, 9.17) is 5.73 Å². The molecule has 0 aromatic heterocycles. The molecule has 34 heavy (non-hydrogen) atoms. The van der Waals surface area contributed by atoms with Crippen LogP contribution in [0.3, 0.4) is 0 Å². The molecule has 3 saturated heterocycles. The van der Waals surface area contributed by atoms with E-state index in [1.165, 1.54) is 17.0 Å². The maximum absolute atomic E-state index is 13.3. The maximum atomic E-state index is 13.3. The number of nitrogens with zero attached hydrogens (tertiary/aromatic N) is 3. The van der Waals surface area contributed by atoms with Gasteiger partial charge in [-0.25, -0.2) is 8.42 Å². The molecule has 3 heterocycles. The van der Waals surface area contributed by atoms with Crippen molar-refractivity contribution in [2.45, 2.75) is 62.2 Å². The van der Waals surface area contributed by atoms with Gasteiger partial charge in [0.15, 0.2) is 6.04 Å². The fourth-order valence-corrected chi connectivity index (χ4v) is 6.65. The van der Waals surface area contributed by atoms with Crippen LogP contribution in [0.4, 0.5) is 5.69 Å². The Hall–Kier alpha value is -2.54. The first-order chi connectivity index (χ1) is 16.0. The van der Waals surface area contributed by atoms with E-state index in [0.717, 1.165) is 0 Å². The van der Waals surface area contributed by atoms with E-state index in [1.807, 2.05) is 6.92 Å². The molecule has 4 N–H and O–H groups in total. The van der Waals surface area contributed by atoms with Crippen molar-refractivity contribution < 1.29 is 27.9 Å². The molecule has 0 spiro atoms. The first-order valence-electron chi connectivity index (χ1n) is 11.4. The number of amides is 3. The number of carbonyl (C=O) groups is 3. The summed E-state index contributed by atoms with van der Waals surface area (Å²) in [6.45, 7) is 5.21. The van der Waals surface area contributed by atoms with E-state index in [-0.39, 0.29) is 29.4 Å². The number of primary amides is 1. The van der Waals surface area contributed by atoms with Gasteiger partial charge in [0.2, 0.25) is 21.8 Å². The number of anilines is 1. The second-order valence-electron chi connectivity index (χ2n) is 9.34. The lowest BCUT2D eigenvalue weighted by molar-refractivity contribution is -0.142. The Morgan fingerprint density at radius 1 is 1.24 bits per heavy atom. The van der Waals surface area contributed by atoms with Gasteiger partial charge in [0.1, 0.15) is 0 Å². The molecule has 0 saturated carbocycles. The molecule has 3 aliphatic rings. The molecule has 4 atom stereocenters. The van der Waals surface area contributed by atoms with Crippen LogP contribution >= 0.6 is 0 Å². The van der Waals surface area contributed by atoms with Crippen LogP contribution in [0.2, 0.25) is 0 Å². The molecule has 3 aliphatic heterocycles. The number of hydrogen-bond acceptors (Lipinski definition) is 7. The molecule has 4 rings (SSSR count). The second-order valence-corrected chi connectivity index (χ2v) is 11.0. The molecular formula is C22H31N5O6S. The minimum atomic E-state index is -4.32. The number of rotatable bonds is 6. The summed E-state index contributed by atoms with van der Waals surface area (Å²) in [5.41, 5.74) is 6.31. The van der Waals surface area contributed by atoms with Crippen molar-refractivity contribution >= 4 is 33.4 Å². The first-order valence-corrected chi connectivity index (χ1v) is 12.9. The fourth-order valence-electron chi connectivity index (χ4n) is 5.23. The number of nitrogens with two attached hydrogens (primary N) is 1. The van der Waals surface area contributed by atoms with E-state index in [0.29, 0.717) is 50.1 Å². The molecule has 186 valence electrons. The van der Waals surface area contributed by atoms with Crippen LogP contribution in [0.15, 0.2) is 23.1 Å². The largest absolute Gasteiger partial charge is 0.392 e. The van der Waals surface area contributed by atoms with Gasteiger partial charge in [0, 0.05) is 50.4 Å². The highest BCUT2D eigenvalue weighted by molar-refractivity contribution is 7.89. The van der Waals surface area contributed by atoms with Gasteiger partial charge >= 0.3 is 0 Å². The van der Waals surface area contributed by atoms with Gasteiger partial charge in [-0.05, 0) is 44.4 Å². The lowest BCUT2D eigenvalue weighted by atomic mass is 10.1. The smallest absolute Gasteiger partial charge is 0.250 e. The van der Waals surface area contributed by atoms with E-state index >= 15 is 0 Å². The number of nitrogens with one attached hydrogen (secondary N) is 1. The Labute approximate surface area is 198 Å². The Morgan fingerprint density at radius 3 is 2.62 bits per heavy atom. The topological polar surface area (TPSA) is 153 Å². The lowest BCUT2D eigenvalue weighted by Crippen LogP contribution is -2.63. The van der Waals surface area contributed by atoms with Crippen molar-refractivity contribution in [3.8, 4) is 0 Å². The Balaban J connectivity index is 1.57. The molecule has 1 aromatic carbocycles. The summed E-state index contributed by atoms with van der Waals surface area (Å²) in [5, 5.41) is 9.96. The Bertz CT molecular complexity index is 1110. The van der Waals surface area contributed by atoms with Crippen molar-refractivity contribution in [3.05, 3.63) is 23.8 Å². The van der Waals surface area contributed by atoms with Gasteiger partial charge < -0.3 is 20.6 Å². The molecule has 0 aliphatic carbocycles. The molecule has 0 bridgehead atoms. The minimum Gasteiger partial charge on any atom is -0.392 e. The number of hydrogen-bond donors (Lipinski definition) is 3. The number of benzene rings is 1. The monoisotopic (exact) mass is 493 g/mol. The quantitative estimate of drug-likeness (QED) is 0.426.